The SMILES string of the molecule is BCC1=CC(C(=O)OC)CC=C1. The van der Waals surface area contributed by atoms with E-state index in [2.05, 4.69) is 18.7 Å². The second-order valence-corrected chi connectivity index (χ2v) is 2.86. The number of rotatable bonds is 2. The Morgan fingerprint density at radius 2 is 2.58 bits per heavy atom. The maximum atomic E-state index is 11.1. The summed E-state index contributed by atoms with van der Waals surface area (Å²) >= 11 is 0. The minimum Gasteiger partial charge on any atom is -0.469 e. The molecule has 0 fully saturated rings. The highest BCUT2D eigenvalue weighted by molar-refractivity contribution is 6.10. The Hall–Kier alpha value is -0.985. The Balaban J connectivity index is 2.65. The van der Waals surface area contributed by atoms with E-state index in [-0.39, 0.29) is 11.9 Å². The number of methoxy groups -OCH3 is 1. The molecule has 0 aromatic rings. The van der Waals surface area contributed by atoms with Gasteiger partial charge in [-0.2, -0.15) is 0 Å². The van der Waals surface area contributed by atoms with Gasteiger partial charge < -0.3 is 4.74 Å². The first-order valence-corrected chi connectivity index (χ1v) is 4.23. The first-order chi connectivity index (χ1) is 5.77. The molecule has 0 aliphatic heterocycles. The van der Waals surface area contributed by atoms with Crippen LogP contribution in [0, 0.1) is 5.92 Å². The van der Waals surface area contributed by atoms with Gasteiger partial charge in [-0.1, -0.05) is 30.1 Å². The molecule has 1 aliphatic carbocycles. The second-order valence-electron chi connectivity index (χ2n) is 2.86. The highest BCUT2D eigenvalue weighted by Crippen LogP contribution is 2.19. The molecular formula is C9H13BO2. The fraction of sp³-hybridized carbons (Fsp3) is 0.444. The van der Waals surface area contributed by atoms with Crippen molar-refractivity contribution in [2.24, 2.45) is 5.92 Å². The smallest absolute Gasteiger partial charge is 0.312 e. The van der Waals surface area contributed by atoms with Gasteiger partial charge >= 0.3 is 5.97 Å². The van der Waals surface area contributed by atoms with E-state index in [4.69, 9.17) is 0 Å². The van der Waals surface area contributed by atoms with Crippen LogP contribution in [0.25, 0.3) is 0 Å². The van der Waals surface area contributed by atoms with Crippen molar-refractivity contribution >= 4 is 13.8 Å². The Labute approximate surface area is 73.7 Å². The van der Waals surface area contributed by atoms with E-state index in [9.17, 15) is 4.79 Å². The fourth-order valence-corrected chi connectivity index (χ4v) is 1.30. The quantitative estimate of drug-likeness (QED) is 0.443. The summed E-state index contributed by atoms with van der Waals surface area (Å²) in [7, 11) is 3.51. The second kappa shape index (κ2) is 4.14. The molecule has 2 nitrogen and oxygen atoms in total. The van der Waals surface area contributed by atoms with Crippen molar-refractivity contribution in [3.8, 4) is 0 Å². The van der Waals surface area contributed by atoms with Crippen LogP contribution in [-0.4, -0.2) is 20.9 Å². The molecule has 0 heterocycles. The van der Waals surface area contributed by atoms with Crippen molar-refractivity contribution in [1.82, 2.24) is 0 Å². The Morgan fingerprint density at radius 1 is 1.83 bits per heavy atom. The number of esters is 1. The Kier molecular flexibility index (Phi) is 3.14. The largest absolute Gasteiger partial charge is 0.469 e. The summed E-state index contributed by atoms with van der Waals surface area (Å²) in [5.74, 6) is -0.194. The molecule has 3 heteroatoms. The summed E-state index contributed by atoms with van der Waals surface area (Å²) in [6, 6.07) is 0. The summed E-state index contributed by atoms with van der Waals surface area (Å²) in [5.41, 5.74) is 1.22. The van der Waals surface area contributed by atoms with E-state index in [0.717, 1.165) is 12.7 Å². The average molecular weight is 164 g/mol. The molecular weight excluding hydrogens is 151 g/mol. The lowest BCUT2D eigenvalue weighted by atomic mass is 9.88. The lowest BCUT2D eigenvalue weighted by molar-refractivity contribution is -0.143. The van der Waals surface area contributed by atoms with Crippen molar-refractivity contribution in [3.63, 3.8) is 0 Å². The molecule has 1 atom stereocenters. The van der Waals surface area contributed by atoms with Crippen LogP contribution in [0.1, 0.15) is 6.42 Å². The van der Waals surface area contributed by atoms with Crippen LogP contribution in [0.2, 0.25) is 6.32 Å². The van der Waals surface area contributed by atoms with Gasteiger partial charge in [0.2, 0.25) is 0 Å². The van der Waals surface area contributed by atoms with E-state index >= 15 is 0 Å². The molecule has 0 bridgehead atoms. The molecule has 12 heavy (non-hydrogen) atoms. The highest BCUT2D eigenvalue weighted by Gasteiger charge is 2.17. The van der Waals surface area contributed by atoms with Crippen molar-refractivity contribution in [3.05, 3.63) is 23.8 Å². The number of ether oxygens (including phenoxy) is 1. The monoisotopic (exact) mass is 164 g/mol. The lowest BCUT2D eigenvalue weighted by Gasteiger charge is -2.13. The molecule has 0 saturated carbocycles. The number of allylic oxidation sites excluding steroid dienone is 3. The predicted octanol–water partition coefficient (Wildman–Crippen LogP) is 0.713. The number of carbonyl (C=O) groups is 1. The number of hydrogen-bond acceptors (Lipinski definition) is 2. The molecule has 0 amide bonds. The fourth-order valence-electron chi connectivity index (χ4n) is 1.30. The van der Waals surface area contributed by atoms with Crippen LogP contribution in [0.5, 0.6) is 0 Å². The van der Waals surface area contributed by atoms with Crippen LogP contribution in [0.4, 0.5) is 0 Å². The Morgan fingerprint density at radius 3 is 3.17 bits per heavy atom. The first kappa shape index (κ1) is 9.11. The summed E-state index contributed by atoms with van der Waals surface area (Å²) < 4.78 is 4.67. The van der Waals surface area contributed by atoms with Gasteiger partial charge in [0, 0.05) is 0 Å². The molecule has 1 unspecified atom stereocenters. The maximum absolute atomic E-state index is 11.1. The molecule has 1 aliphatic rings. The van der Waals surface area contributed by atoms with E-state index < -0.39 is 0 Å². The third kappa shape index (κ3) is 2.00. The van der Waals surface area contributed by atoms with Gasteiger partial charge in [0.25, 0.3) is 0 Å². The molecule has 64 valence electrons. The third-order valence-electron chi connectivity index (χ3n) is 2.05. The molecule has 0 aromatic carbocycles. The van der Waals surface area contributed by atoms with Crippen molar-refractivity contribution in [1.29, 1.82) is 0 Å². The van der Waals surface area contributed by atoms with Crippen LogP contribution in [-0.2, 0) is 9.53 Å². The number of hydrogen-bond donors (Lipinski definition) is 0. The van der Waals surface area contributed by atoms with Crippen LogP contribution < -0.4 is 0 Å². The summed E-state index contributed by atoms with van der Waals surface area (Å²) in [6.07, 6.45) is 7.84. The first-order valence-electron chi connectivity index (χ1n) is 4.23. The normalized spacial score (nSPS) is 21.8. The van der Waals surface area contributed by atoms with Crippen molar-refractivity contribution in [2.45, 2.75) is 12.7 Å². The highest BCUT2D eigenvalue weighted by atomic mass is 16.5. The lowest BCUT2D eigenvalue weighted by Crippen LogP contribution is -2.15. The van der Waals surface area contributed by atoms with Gasteiger partial charge in [-0.25, -0.2) is 0 Å². The molecule has 0 radical (unpaired) electrons. The van der Waals surface area contributed by atoms with Gasteiger partial charge in [-0.3, -0.25) is 4.79 Å². The minimum absolute atomic E-state index is 0.0602. The van der Waals surface area contributed by atoms with Gasteiger partial charge in [0.05, 0.1) is 13.0 Å². The van der Waals surface area contributed by atoms with E-state index in [1.807, 2.05) is 12.2 Å². The summed E-state index contributed by atoms with van der Waals surface area (Å²) in [4.78, 5) is 11.1. The molecule has 0 aromatic heterocycles. The van der Waals surface area contributed by atoms with Gasteiger partial charge in [-0.15, -0.1) is 0 Å². The molecule has 0 spiro atoms. The molecule has 0 N–H and O–H groups in total. The standard InChI is InChI=1S/C9H13BO2/c1-12-9(11)8-4-2-3-7(5-8)6-10/h2-3,5,8H,4,6,10H2,1H3. The van der Waals surface area contributed by atoms with Gasteiger partial charge in [-0.05, 0) is 6.42 Å². The number of carbonyl (C=O) groups excluding carboxylic acids is 1. The zero-order chi connectivity index (χ0) is 8.97. The van der Waals surface area contributed by atoms with Gasteiger partial charge in [0.1, 0.15) is 7.85 Å². The topological polar surface area (TPSA) is 26.3 Å². The summed E-state index contributed by atoms with van der Waals surface area (Å²) in [5, 5.41) is 0. The molecule has 1 rings (SSSR count). The van der Waals surface area contributed by atoms with Crippen LogP contribution >= 0.6 is 0 Å². The predicted molar refractivity (Wildman–Crippen MR) is 50.7 cm³/mol. The third-order valence-corrected chi connectivity index (χ3v) is 2.05. The van der Waals surface area contributed by atoms with Crippen LogP contribution in [0.3, 0.4) is 0 Å². The van der Waals surface area contributed by atoms with Gasteiger partial charge in [0.15, 0.2) is 0 Å². The zero-order valence-electron chi connectivity index (χ0n) is 7.54. The Bertz CT molecular complexity index is 231. The minimum atomic E-state index is -0.134. The van der Waals surface area contributed by atoms with Crippen LogP contribution in [0.15, 0.2) is 23.8 Å². The van der Waals surface area contributed by atoms with E-state index in [0.29, 0.717) is 0 Å². The maximum Gasteiger partial charge on any atom is 0.312 e. The zero-order valence-corrected chi connectivity index (χ0v) is 7.54. The molecule has 0 saturated heterocycles. The summed E-state index contributed by atoms with van der Waals surface area (Å²) in [6.45, 7) is 0. The average Bonchev–Trinajstić information content (AvgIpc) is 2.17. The van der Waals surface area contributed by atoms with Crippen molar-refractivity contribution < 1.29 is 9.53 Å². The van der Waals surface area contributed by atoms with Crippen molar-refractivity contribution in [2.75, 3.05) is 7.11 Å². The van der Waals surface area contributed by atoms with E-state index in [1.165, 1.54) is 12.7 Å². The van der Waals surface area contributed by atoms with E-state index in [1.54, 1.807) is 0 Å².